The Kier molecular flexibility index (Phi) is 7.83. The highest BCUT2D eigenvalue weighted by Crippen LogP contribution is 2.29. The van der Waals surface area contributed by atoms with Gasteiger partial charge in [0.15, 0.2) is 12.4 Å². The molecule has 1 aliphatic rings. The first-order valence-corrected chi connectivity index (χ1v) is 10.2. The minimum Gasteiger partial charge on any atom is -0.455 e. The van der Waals surface area contributed by atoms with Crippen molar-refractivity contribution >= 4 is 23.5 Å². The van der Waals surface area contributed by atoms with Crippen LogP contribution in [0.1, 0.15) is 32.1 Å². The molecule has 1 saturated carbocycles. The Morgan fingerprint density at radius 1 is 0.900 bits per heavy atom. The van der Waals surface area contributed by atoms with Gasteiger partial charge in [-0.3, -0.25) is 14.4 Å². The fourth-order valence-electron chi connectivity index (χ4n) is 3.33. The number of para-hydroxylation sites is 3. The van der Waals surface area contributed by atoms with Gasteiger partial charge in [-0.25, -0.2) is 0 Å². The molecule has 3 rings (SSSR count). The van der Waals surface area contributed by atoms with E-state index in [1.807, 2.05) is 30.3 Å². The summed E-state index contributed by atoms with van der Waals surface area (Å²) >= 11 is 0. The van der Waals surface area contributed by atoms with E-state index in [0.29, 0.717) is 17.2 Å². The Morgan fingerprint density at radius 3 is 2.37 bits per heavy atom. The van der Waals surface area contributed by atoms with Crippen LogP contribution in [0.25, 0.3) is 0 Å². The summed E-state index contributed by atoms with van der Waals surface area (Å²) in [7, 11) is 0. The Hall–Kier alpha value is -3.35. The van der Waals surface area contributed by atoms with Crippen LogP contribution in [0.5, 0.6) is 11.5 Å². The summed E-state index contributed by atoms with van der Waals surface area (Å²) in [6, 6.07) is 16.2. The zero-order valence-electron chi connectivity index (χ0n) is 16.8. The fourth-order valence-corrected chi connectivity index (χ4v) is 3.33. The van der Waals surface area contributed by atoms with E-state index in [1.165, 1.54) is 0 Å². The van der Waals surface area contributed by atoms with Gasteiger partial charge in [0.05, 0.1) is 5.69 Å². The van der Waals surface area contributed by atoms with E-state index >= 15 is 0 Å². The van der Waals surface area contributed by atoms with Crippen LogP contribution in [0, 0.1) is 5.92 Å². The van der Waals surface area contributed by atoms with Gasteiger partial charge < -0.3 is 20.1 Å². The Bertz CT molecular complexity index is 863. The number of carbonyl (C=O) groups is 3. The molecule has 0 bridgehead atoms. The Balaban J connectivity index is 1.43. The third-order valence-electron chi connectivity index (χ3n) is 4.88. The van der Waals surface area contributed by atoms with Crippen LogP contribution in [-0.2, 0) is 19.1 Å². The number of hydrogen-bond acceptors (Lipinski definition) is 5. The number of carbonyl (C=O) groups excluding carboxylic acids is 3. The second kappa shape index (κ2) is 11.0. The topological polar surface area (TPSA) is 93.7 Å². The fraction of sp³-hybridized carbons (Fsp3) is 0.348. The van der Waals surface area contributed by atoms with E-state index in [4.69, 9.17) is 9.47 Å². The van der Waals surface area contributed by atoms with Gasteiger partial charge in [-0.1, -0.05) is 49.6 Å². The van der Waals surface area contributed by atoms with Gasteiger partial charge >= 0.3 is 5.97 Å². The molecule has 0 unspecified atom stereocenters. The molecule has 30 heavy (non-hydrogen) atoms. The highest BCUT2D eigenvalue weighted by Gasteiger charge is 2.21. The predicted molar refractivity (Wildman–Crippen MR) is 112 cm³/mol. The van der Waals surface area contributed by atoms with Crippen molar-refractivity contribution in [2.75, 3.05) is 18.5 Å². The summed E-state index contributed by atoms with van der Waals surface area (Å²) in [6.45, 7) is -0.686. The standard InChI is InChI=1S/C23H26N2O5/c26-21(16-29-22(27)15-24-23(28)17-9-3-1-4-10-17)25-19-13-7-8-14-20(19)30-18-11-5-2-6-12-18/h2,5-8,11-14,17H,1,3-4,9-10,15-16H2,(H,24,28)(H,25,26). The van der Waals surface area contributed by atoms with Crippen molar-refractivity contribution < 1.29 is 23.9 Å². The summed E-state index contributed by atoms with van der Waals surface area (Å²) in [5.41, 5.74) is 0.466. The van der Waals surface area contributed by atoms with E-state index < -0.39 is 18.5 Å². The number of rotatable bonds is 8. The van der Waals surface area contributed by atoms with Gasteiger partial charge in [0, 0.05) is 5.92 Å². The van der Waals surface area contributed by atoms with Crippen molar-refractivity contribution in [2.24, 2.45) is 5.92 Å². The maximum absolute atomic E-state index is 12.2. The molecule has 1 aliphatic carbocycles. The van der Waals surface area contributed by atoms with E-state index in [2.05, 4.69) is 10.6 Å². The van der Waals surface area contributed by atoms with E-state index in [0.717, 1.165) is 32.1 Å². The zero-order valence-corrected chi connectivity index (χ0v) is 16.8. The quantitative estimate of drug-likeness (QED) is 0.648. The summed E-state index contributed by atoms with van der Waals surface area (Å²) in [5.74, 6) is -0.185. The number of anilines is 1. The lowest BCUT2D eigenvalue weighted by Crippen LogP contribution is -2.36. The van der Waals surface area contributed by atoms with Gasteiger partial charge in [0.25, 0.3) is 5.91 Å². The molecule has 0 aliphatic heterocycles. The highest BCUT2D eigenvalue weighted by molar-refractivity contribution is 5.94. The molecule has 2 amide bonds. The van der Waals surface area contributed by atoms with Crippen LogP contribution >= 0.6 is 0 Å². The minimum atomic E-state index is -0.650. The van der Waals surface area contributed by atoms with Gasteiger partial charge in [0.2, 0.25) is 5.91 Å². The van der Waals surface area contributed by atoms with Crippen LogP contribution in [0.2, 0.25) is 0 Å². The SMILES string of the molecule is O=C(COC(=O)CNC(=O)C1CCCCC1)Nc1ccccc1Oc1ccccc1. The van der Waals surface area contributed by atoms with Crippen LogP contribution in [-0.4, -0.2) is 30.9 Å². The molecule has 0 radical (unpaired) electrons. The van der Waals surface area contributed by atoms with E-state index in [9.17, 15) is 14.4 Å². The Labute approximate surface area is 175 Å². The second-order valence-corrected chi connectivity index (χ2v) is 7.17. The summed E-state index contributed by atoms with van der Waals surface area (Å²) < 4.78 is 10.8. The minimum absolute atomic E-state index is 0.0315. The number of benzene rings is 2. The van der Waals surface area contributed by atoms with Gasteiger partial charge in [-0.15, -0.1) is 0 Å². The molecule has 0 spiro atoms. The van der Waals surface area contributed by atoms with Crippen LogP contribution in [0.4, 0.5) is 5.69 Å². The molecule has 2 N–H and O–H groups in total. The average Bonchev–Trinajstić information content (AvgIpc) is 2.78. The van der Waals surface area contributed by atoms with Crippen LogP contribution < -0.4 is 15.4 Å². The predicted octanol–water partition coefficient (Wildman–Crippen LogP) is 3.66. The molecular weight excluding hydrogens is 384 g/mol. The first-order valence-electron chi connectivity index (χ1n) is 10.2. The van der Waals surface area contributed by atoms with E-state index in [-0.39, 0.29) is 18.4 Å². The lowest BCUT2D eigenvalue weighted by atomic mass is 9.89. The van der Waals surface area contributed by atoms with Crippen molar-refractivity contribution in [1.82, 2.24) is 5.32 Å². The summed E-state index contributed by atoms with van der Waals surface area (Å²) in [6.07, 6.45) is 4.94. The number of nitrogens with one attached hydrogen (secondary N) is 2. The molecule has 2 aromatic rings. The monoisotopic (exact) mass is 410 g/mol. The summed E-state index contributed by atoms with van der Waals surface area (Å²) in [5, 5.41) is 5.27. The van der Waals surface area contributed by atoms with Crippen molar-refractivity contribution in [1.29, 1.82) is 0 Å². The smallest absolute Gasteiger partial charge is 0.325 e. The third kappa shape index (κ3) is 6.62. The van der Waals surface area contributed by atoms with Crippen molar-refractivity contribution in [3.63, 3.8) is 0 Å². The van der Waals surface area contributed by atoms with Crippen molar-refractivity contribution in [3.05, 3.63) is 54.6 Å². The van der Waals surface area contributed by atoms with Gasteiger partial charge in [0.1, 0.15) is 12.3 Å². The molecular formula is C23H26N2O5. The lowest BCUT2D eigenvalue weighted by molar-refractivity contribution is -0.147. The summed E-state index contributed by atoms with van der Waals surface area (Å²) in [4.78, 5) is 36.1. The Morgan fingerprint density at radius 2 is 1.60 bits per heavy atom. The van der Waals surface area contributed by atoms with Crippen molar-refractivity contribution in [3.8, 4) is 11.5 Å². The van der Waals surface area contributed by atoms with Crippen LogP contribution in [0.3, 0.4) is 0 Å². The van der Waals surface area contributed by atoms with Crippen molar-refractivity contribution in [2.45, 2.75) is 32.1 Å². The maximum Gasteiger partial charge on any atom is 0.325 e. The number of esters is 1. The normalized spacial score (nSPS) is 13.9. The molecule has 7 nitrogen and oxygen atoms in total. The first kappa shape index (κ1) is 21.4. The number of amides is 2. The number of hydrogen-bond donors (Lipinski definition) is 2. The highest BCUT2D eigenvalue weighted by atomic mass is 16.5. The molecule has 0 atom stereocenters. The molecule has 7 heteroatoms. The van der Waals surface area contributed by atoms with Gasteiger partial charge in [-0.05, 0) is 37.1 Å². The average molecular weight is 410 g/mol. The molecule has 0 heterocycles. The second-order valence-electron chi connectivity index (χ2n) is 7.17. The van der Waals surface area contributed by atoms with Crippen LogP contribution in [0.15, 0.2) is 54.6 Å². The molecule has 1 fully saturated rings. The zero-order chi connectivity index (χ0) is 21.2. The molecule has 158 valence electrons. The molecule has 0 aromatic heterocycles. The van der Waals surface area contributed by atoms with Gasteiger partial charge in [-0.2, -0.15) is 0 Å². The first-order chi connectivity index (χ1) is 14.6. The largest absolute Gasteiger partial charge is 0.455 e. The number of ether oxygens (including phenoxy) is 2. The third-order valence-corrected chi connectivity index (χ3v) is 4.88. The molecule has 2 aromatic carbocycles. The molecule has 0 saturated heterocycles. The lowest BCUT2D eigenvalue weighted by Gasteiger charge is -2.20. The van der Waals surface area contributed by atoms with E-state index in [1.54, 1.807) is 24.3 Å². The maximum atomic E-state index is 12.2.